The molecule has 0 radical (unpaired) electrons. The van der Waals surface area contributed by atoms with E-state index >= 15 is 0 Å². The lowest BCUT2D eigenvalue weighted by atomic mass is 10.1. The van der Waals surface area contributed by atoms with Gasteiger partial charge in [0, 0.05) is 11.1 Å². The predicted molar refractivity (Wildman–Crippen MR) is 127 cm³/mol. The van der Waals surface area contributed by atoms with Crippen molar-refractivity contribution >= 4 is 62.7 Å². The zero-order valence-corrected chi connectivity index (χ0v) is 18.1. The number of nitrogens with one attached hydrogen (secondary N) is 2. The van der Waals surface area contributed by atoms with Crippen LogP contribution in [0.4, 0.5) is 5.69 Å². The van der Waals surface area contributed by atoms with E-state index in [1.54, 1.807) is 24.3 Å². The zero-order chi connectivity index (χ0) is 21.8. The Morgan fingerprint density at radius 1 is 1.13 bits per heavy atom. The van der Waals surface area contributed by atoms with Gasteiger partial charge in [0.05, 0.1) is 12.0 Å². The Bertz CT molecular complexity index is 1220. The standard InChI is InChI=1S/C23H18N2O4S2/c1-28-19-11-14(12-20-22(27)25-23(30)31-20)9-10-18(19)29-13-21(26)24-17-8-4-6-15-5-2-3-7-16(15)17/h2-12H,13H2,1H3,(H,24,26)(H,25,27,30)/b20-12-. The number of carbonyl (C=O) groups excluding carboxylic acids is 2. The van der Waals surface area contributed by atoms with E-state index in [1.807, 2.05) is 42.5 Å². The lowest BCUT2D eigenvalue weighted by Crippen LogP contribution is -2.20. The highest BCUT2D eigenvalue weighted by molar-refractivity contribution is 8.26. The average molecular weight is 451 g/mol. The summed E-state index contributed by atoms with van der Waals surface area (Å²) in [5.41, 5.74) is 1.48. The number of fused-ring (bicyclic) bond motifs is 1. The molecule has 156 valence electrons. The normalized spacial score (nSPS) is 14.5. The monoisotopic (exact) mass is 450 g/mol. The number of hydrogen-bond acceptors (Lipinski definition) is 6. The summed E-state index contributed by atoms with van der Waals surface area (Å²) in [6.45, 7) is -0.174. The Morgan fingerprint density at radius 3 is 2.71 bits per heavy atom. The molecular weight excluding hydrogens is 432 g/mol. The van der Waals surface area contributed by atoms with Gasteiger partial charge in [-0.1, -0.05) is 66.4 Å². The minimum atomic E-state index is -0.280. The van der Waals surface area contributed by atoms with Crippen LogP contribution in [-0.2, 0) is 9.59 Å². The van der Waals surface area contributed by atoms with E-state index < -0.39 is 0 Å². The molecule has 0 unspecified atom stereocenters. The number of thiocarbonyl (C=S) groups is 1. The third-order valence-corrected chi connectivity index (χ3v) is 5.71. The highest BCUT2D eigenvalue weighted by atomic mass is 32.2. The van der Waals surface area contributed by atoms with Gasteiger partial charge in [0.15, 0.2) is 18.1 Å². The molecule has 4 rings (SSSR count). The van der Waals surface area contributed by atoms with Crippen molar-refractivity contribution < 1.29 is 19.1 Å². The Morgan fingerprint density at radius 2 is 1.94 bits per heavy atom. The van der Waals surface area contributed by atoms with Crippen LogP contribution in [0.3, 0.4) is 0 Å². The SMILES string of the molecule is COc1cc(/C=C2\SC(=S)NC2=O)ccc1OCC(=O)Nc1cccc2ccccc12. The maximum Gasteiger partial charge on any atom is 0.263 e. The van der Waals surface area contributed by atoms with Crippen molar-refractivity contribution in [1.29, 1.82) is 0 Å². The summed E-state index contributed by atoms with van der Waals surface area (Å²) in [6, 6.07) is 18.8. The molecule has 1 fully saturated rings. The fraction of sp³-hybridized carbons (Fsp3) is 0.0870. The van der Waals surface area contributed by atoms with E-state index in [0.717, 1.165) is 22.0 Å². The smallest absolute Gasteiger partial charge is 0.263 e. The van der Waals surface area contributed by atoms with Crippen molar-refractivity contribution in [3.8, 4) is 11.5 Å². The lowest BCUT2D eigenvalue weighted by molar-refractivity contribution is -0.118. The van der Waals surface area contributed by atoms with Crippen LogP contribution in [0.15, 0.2) is 65.6 Å². The van der Waals surface area contributed by atoms with Gasteiger partial charge in [-0.15, -0.1) is 0 Å². The molecule has 0 aromatic heterocycles. The number of ether oxygens (including phenoxy) is 2. The molecule has 1 heterocycles. The summed E-state index contributed by atoms with van der Waals surface area (Å²) in [5, 5.41) is 7.47. The average Bonchev–Trinajstić information content (AvgIpc) is 3.09. The molecule has 2 amide bonds. The molecule has 3 aromatic rings. The van der Waals surface area contributed by atoms with Crippen molar-refractivity contribution in [1.82, 2.24) is 5.32 Å². The Hall–Kier alpha value is -3.36. The molecular formula is C23H18N2O4S2. The van der Waals surface area contributed by atoms with E-state index in [0.29, 0.717) is 20.7 Å². The fourth-order valence-electron chi connectivity index (χ4n) is 3.13. The maximum atomic E-state index is 12.4. The summed E-state index contributed by atoms with van der Waals surface area (Å²) in [6.07, 6.45) is 1.72. The minimum Gasteiger partial charge on any atom is -0.493 e. The largest absolute Gasteiger partial charge is 0.493 e. The molecule has 1 aliphatic heterocycles. The Labute approximate surface area is 188 Å². The molecule has 0 aliphatic carbocycles. The van der Waals surface area contributed by atoms with Crippen molar-refractivity contribution in [3.63, 3.8) is 0 Å². The van der Waals surface area contributed by atoms with Gasteiger partial charge in [0.25, 0.3) is 11.8 Å². The van der Waals surface area contributed by atoms with Crippen LogP contribution < -0.4 is 20.1 Å². The van der Waals surface area contributed by atoms with E-state index in [9.17, 15) is 9.59 Å². The first kappa shape index (κ1) is 20.9. The summed E-state index contributed by atoms with van der Waals surface area (Å²) >= 11 is 6.21. The van der Waals surface area contributed by atoms with Gasteiger partial charge in [-0.25, -0.2) is 0 Å². The number of hydrogen-bond donors (Lipinski definition) is 2. The number of amides is 2. The van der Waals surface area contributed by atoms with Gasteiger partial charge in [-0.3, -0.25) is 9.59 Å². The summed E-state index contributed by atoms with van der Waals surface area (Å²) in [5.74, 6) is 0.381. The van der Waals surface area contributed by atoms with Gasteiger partial charge in [-0.05, 0) is 35.2 Å². The molecule has 3 aromatic carbocycles. The number of thioether (sulfide) groups is 1. The molecule has 0 bridgehead atoms. The molecule has 0 spiro atoms. The third kappa shape index (κ3) is 4.87. The van der Waals surface area contributed by atoms with E-state index in [2.05, 4.69) is 10.6 Å². The maximum absolute atomic E-state index is 12.4. The second kappa shape index (κ2) is 9.20. The first-order valence-corrected chi connectivity index (χ1v) is 10.6. The minimum absolute atomic E-state index is 0.174. The number of rotatable bonds is 6. The van der Waals surface area contributed by atoms with Gasteiger partial charge in [0.2, 0.25) is 0 Å². The summed E-state index contributed by atoms with van der Waals surface area (Å²) in [7, 11) is 1.52. The van der Waals surface area contributed by atoms with Gasteiger partial charge in [0.1, 0.15) is 4.32 Å². The van der Waals surface area contributed by atoms with Crippen LogP contribution in [0.2, 0.25) is 0 Å². The van der Waals surface area contributed by atoms with E-state index in [1.165, 1.54) is 18.9 Å². The second-order valence-corrected chi connectivity index (χ2v) is 8.34. The number of carbonyl (C=O) groups is 2. The highest BCUT2D eigenvalue weighted by Crippen LogP contribution is 2.31. The van der Waals surface area contributed by atoms with E-state index in [4.69, 9.17) is 21.7 Å². The van der Waals surface area contributed by atoms with Crippen LogP contribution >= 0.6 is 24.0 Å². The van der Waals surface area contributed by atoms with Crippen molar-refractivity contribution in [3.05, 3.63) is 71.1 Å². The van der Waals surface area contributed by atoms with Gasteiger partial charge >= 0.3 is 0 Å². The van der Waals surface area contributed by atoms with Crippen molar-refractivity contribution in [2.45, 2.75) is 0 Å². The summed E-state index contributed by atoms with van der Waals surface area (Å²) in [4.78, 5) is 24.8. The topological polar surface area (TPSA) is 76.7 Å². The van der Waals surface area contributed by atoms with E-state index in [-0.39, 0.29) is 18.4 Å². The van der Waals surface area contributed by atoms with Gasteiger partial charge < -0.3 is 20.1 Å². The number of benzene rings is 3. The Kier molecular flexibility index (Phi) is 6.20. The highest BCUT2D eigenvalue weighted by Gasteiger charge is 2.22. The van der Waals surface area contributed by atoms with Gasteiger partial charge in [-0.2, -0.15) is 0 Å². The molecule has 8 heteroatoms. The molecule has 1 aliphatic rings. The predicted octanol–water partition coefficient (Wildman–Crippen LogP) is 4.35. The number of methoxy groups -OCH3 is 1. The molecule has 0 saturated carbocycles. The summed E-state index contributed by atoms with van der Waals surface area (Å²) < 4.78 is 11.5. The van der Waals surface area contributed by atoms with Crippen LogP contribution in [0.25, 0.3) is 16.8 Å². The Balaban J connectivity index is 1.44. The quantitative estimate of drug-likeness (QED) is 0.429. The van der Waals surface area contributed by atoms with Crippen LogP contribution in [0, 0.1) is 0 Å². The number of anilines is 1. The third-order valence-electron chi connectivity index (χ3n) is 4.55. The van der Waals surface area contributed by atoms with Crippen LogP contribution in [-0.4, -0.2) is 29.9 Å². The first-order valence-electron chi connectivity index (χ1n) is 9.37. The fourth-order valence-corrected chi connectivity index (χ4v) is 4.17. The van der Waals surface area contributed by atoms with Crippen LogP contribution in [0.1, 0.15) is 5.56 Å². The second-order valence-electron chi connectivity index (χ2n) is 6.63. The zero-order valence-electron chi connectivity index (χ0n) is 16.5. The first-order chi connectivity index (χ1) is 15.0. The molecule has 2 N–H and O–H groups in total. The molecule has 6 nitrogen and oxygen atoms in total. The molecule has 1 saturated heterocycles. The van der Waals surface area contributed by atoms with Crippen molar-refractivity contribution in [2.24, 2.45) is 0 Å². The molecule has 31 heavy (non-hydrogen) atoms. The van der Waals surface area contributed by atoms with Crippen LogP contribution in [0.5, 0.6) is 11.5 Å². The van der Waals surface area contributed by atoms with Crippen molar-refractivity contribution in [2.75, 3.05) is 19.0 Å². The lowest BCUT2D eigenvalue weighted by Gasteiger charge is -2.12. The molecule has 0 atom stereocenters.